The molecule has 0 saturated heterocycles. The summed E-state index contributed by atoms with van der Waals surface area (Å²) in [4.78, 5) is 0. The van der Waals surface area contributed by atoms with Crippen LogP contribution in [0, 0.1) is 5.82 Å². The van der Waals surface area contributed by atoms with E-state index in [4.69, 9.17) is 10.5 Å². The highest BCUT2D eigenvalue weighted by Gasteiger charge is 2.21. The third kappa shape index (κ3) is 4.55. The van der Waals surface area contributed by atoms with Crippen LogP contribution in [-0.2, 0) is 12.8 Å². The van der Waals surface area contributed by atoms with Gasteiger partial charge in [-0.05, 0) is 61.2 Å². The van der Waals surface area contributed by atoms with E-state index >= 15 is 0 Å². The molecule has 4 heteroatoms. The number of methoxy groups -OCH3 is 1. The van der Waals surface area contributed by atoms with Crippen molar-refractivity contribution in [2.45, 2.75) is 25.3 Å². The van der Waals surface area contributed by atoms with Crippen molar-refractivity contribution in [3.63, 3.8) is 0 Å². The summed E-state index contributed by atoms with van der Waals surface area (Å²) >= 11 is 3.37. The first-order valence-corrected chi connectivity index (χ1v) is 7.55. The van der Waals surface area contributed by atoms with Crippen molar-refractivity contribution in [3.8, 4) is 5.75 Å². The van der Waals surface area contributed by atoms with E-state index in [2.05, 4.69) is 15.9 Å². The Kier molecular flexibility index (Phi) is 5.01. The summed E-state index contributed by atoms with van der Waals surface area (Å²) in [5.74, 6) is 0.597. The standard InChI is InChI=1S/C17H19BrFNO/c1-17(20,10-12-3-6-15(21-2)7-4-12)11-13-9-14(18)5-8-16(13)19/h3-9H,10-11,20H2,1-2H3. The van der Waals surface area contributed by atoms with Gasteiger partial charge < -0.3 is 10.5 Å². The molecule has 2 N–H and O–H groups in total. The number of halogens is 2. The summed E-state index contributed by atoms with van der Waals surface area (Å²) in [6.07, 6.45) is 1.15. The van der Waals surface area contributed by atoms with E-state index in [9.17, 15) is 4.39 Å². The SMILES string of the molecule is COc1ccc(CC(C)(N)Cc2cc(Br)ccc2F)cc1. The molecule has 0 bridgehead atoms. The lowest BCUT2D eigenvalue weighted by Crippen LogP contribution is -2.41. The Morgan fingerprint density at radius 1 is 1.14 bits per heavy atom. The van der Waals surface area contributed by atoms with Crippen LogP contribution in [0.4, 0.5) is 4.39 Å². The molecular formula is C17H19BrFNO. The molecule has 0 amide bonds. The number of hydrogen-bond acceptors (Lipinski definition) is 2. The van der Waals surface area contributed by atoms with Gasteiger partial charge in [0.2, 0.25) is 0 Å². The molecule has 21 heavy (non-hydrogen) atoms. The lowest BCUT2D eigenvalue weighted by Gasteiger charge is -2.25. The fourth-order valence-corrected chi connectivity index (χ4v) is 2.79. The molecule has 2 nitrogen and oxygen atoms in total. The Morgan fingerprint density at radius 3 is 2.43 bits per heavy atom. The fraction of sp³-hybridized carbons (Fsp3) is 0.294. The van der Waals surface area contributed by atoms with Gasteiger partial charge in [-0.3, -0.25) is 0 Å². The molecule has 2 rings (SSSR count). The summed E-state index contributed by atoms with van der Waals surface area (Å²) in [5, 5.41) is 0. The molecule has 112 valence electrons. The monoisotopic (exact) mass is 351 g/mol. The third-order valence-corrected chi connectivity index (χ3v) is 3.86. The van der Waals surface area contributed by atoms with Crippen LogP contribution in [0.25, 0.3) is 0 Å². The van der Waals surface area contributed by atoms with Crippen molar-refractivity contribution >= 4 is 15.9 Å². The Hall–Kier alpha value is -1.39. The van der Waals surface area contributed by atoms with Crippen LogP contribution in [0.5, 0.6) is 5.75 Å². The van der Waals surface area contributed by atoms with Gasteiger partial charge in [-0.1, -0.05) is 28.1 Å². The molecule has 0 fully saturated rings. The highest BCUT2D eigenvalue weighted by atomic mass is 79.9. The molecule has 1 atom stereocenters. The Labute approximate surface area is 133 Å². The van der Waals surface area contributed by atoms with Gasteiger partial charge in [-0.2, -0.15) is 0 Å². The first kappa shape index (κ1) is 16.0. The molecule has 0 radical (unpaired) electrons. The van der Waals surface area contributed by atoms with Gasteiger partial charge in [0.15, 0.2) is 0 Å². The Balaban J connectivity index is 2.11. The number of ether oxygens (including phenoxy) is 1. The molecule has 0 aromatic heterocycles. The zero-order chi connectivity index (χ0) is 15.5. The van der Waals surface area contributed by atoms with Gasteiger partial charge in [0.05, 0.1) is 7.11 Å². The van der Waals surface area contributed by atoms with Gasteiger partial charge in [0, 0.05) is 10.0 Å². The molecule has 2 aromatic carbocycles. The summed E-state index contributed by atoms with van der Waals surface area (Å²) in [7, 11) is 1.64. The predicted octanol–water partition coefficient (Wildman–Crippen LogP) is 4.10. The topological polar surface area (TPSA) is 35.2 Å². The first-order chi connectivity index (χ1) is 9.89. The van der Waals surface area contributed by atoms with Gasteiger partial charge in [0.1, 0.15) is 11.6 Å². The van der Waals surface area contributed by atoms with Crippen LogP contribution in [0.15, 0.2) is 46.9 Å². The second-order valence-corrected chi connectivity index (χ2v) is 6.51. The Morgan fingerprint density at radius 2 is 1.81 bits per heavy atom. The average Bonchev–Trinajstić information content (AvgIpc) is 2.43. The second-order valence-electron chi connectivity index (χ2n) is 5.59. The van der Waals surface area contributed by atoms with Gasteiger partial charge >= 0.3 is 0 Å². The first-order valence-electron chi connectivity index (χ1n) is 6.75. The lowest BCUT2D eigenvalue weighted by atomic mass is 9.87. The number of nitrogens with two attached hydrogens (primary N) is 1. The minimum Gasteiger partial charge on any atom is -0.497 e. The van der Waals surface area contributed by atoms with Crippen LogP contribution in [0.1, 0.15) is 18.1 Å². The average molecular weight is 352 g/mol. The maximum Gasteiger partial charge on any atom is 0.126 e. The van der Waals surface area contributed by atoms with Gasteiger partial charge in [0.25, 0.3) is 0 Å². The zero-order valence-corrected chi connectivity index (χ0v) is 13.8. The molecule has 0 spiro atoms. The molecule has 0 aliphatic carbocycles. The molecule has 0 aliphatic rings. The van der Waals surface area contributed by atoms with Crippen molar-refractivity contribution in [3.05, 3.63) is 63.9 Å². The lowest BCUT2D eigenvalue weighted by molar-refractivity contribution is 0.414. The number of hydrogen-bond donors (Lipinski definition) is 1. The zero-order valence-electron chi connectivity index (χ0n) is 12.2. The van der Waals surface area contributed by atoms with Gasteiger partial charge in [-0.25, -0.2) is 4.39 Å². The van der Waals surface area contributed by atoms with E-state index in [1.807, 2.05) is 31.2 Å². The van der Waals surface area contributed by atoms with Crippen molar-refractivity contribution in [1.29, 1.82) is 0 Å². The van der Waals surface area contributed by atoms with E-state index < -0.39 is 5.54 Å². The molecule has 0 saturated carbocycles. The van der Waals surface area contributed by atoms with E-state index in [0.29, 0.717) is 18.4 Å². The third-order valence-electron chi connectivity index (χ3n) is 3.37. The maximum absolute atomic E-state index is 13.8. The van der Waals surface area contributed by atoms with E-state index in [1.165, 1.54) is 6.07 Å². The predicted molar refractivity (Wildman–Crippen MR) is 87.1 cm³/mol. The maximum atomic E-state index is 13.8. The van der Waals surface area contributed by atoms with Crippen molar-refractivity contribution in [2.24, 2.45) is 5.73 Å². The van der Waals surface area contributed by atoms with Crippen molar-refractivity contribution < 1.29 is 9.13 Å². The second kappa shape index (κ2) is 6.58. The Bertz CT molecular complexity index is 611. The molecule has 1 unspecified atom stereocenters. The van der Waals surface area contributed by atoms with Crippen LogP contribution in [0.2, 0.25) is 0 Å². The summed E-state index contributed by atoms with van der Waals surface area (Å²) in [6, 6.07) is 12.7. The normalized spacial score (nSPS) is 13.8. The van der Waals surface area contributed by atoms with Crippen LogP contribution < -0.4 is 10.5 Å². The van der Waals surface area contributed by atoms with E-state index in [1.54, 1.807) is 19.2 Å². The summed E-state index contributed by atoms with van der Waals surface area (Å²) in [5.41, 5.74) is 7.57. The summed E-state index contributed by atoms with van der Waals surface area (Å²) in [6.45, 7) is 1.94. The highest BCUT2D eigenvalue weighted by Crippen LogP contribution is 2.22. The van der Waals surface area contributed by atoms with Crippen molar-refractivity contribution in [2.75, 3.05) is 7.11 Å². The summed E-state index contributed by atoms with van der Waals surface area (Å²) < 4.78 is 19.8. The van der Waals surface area contributed by atoms with Crippen LogP contribution >= 0.6 is 15.9 Å². The van der Waals surface area contributed by atoms with Crippen LogP contribution in [-0.4, -0.2) is 12.6 Å². The molecule has 2 aromatic rings. The van der Waals surface area contributed by atoms with Crippen molar-refractivity contribution in [1.82, 2.24) is 0 Å². The minimum atomic E-state index is -0.518. The van der Waals surface area contributed by atoms with E-state index in [-0.39, 0.29) is 5.82 Å². The van der Waals surface area contributed by atoms with Gasteiger partial charge in [-0.15, -0.1) is 0 Å². The minimum absolute atomic E-state index is 0.218. The fourth-order valence-electron chi connectivity index (χ4n) is 2.39. The molecular weight excluding hydrogens is 333 g/mol. The smallest absolute Gasteiger partial charge is 0.126 e. The molecule has 0 aliphatic heterocycles. The number of benzene rings is 2. The number of rotatable bonds is 5. The molecule has 0 heterocycles. The quantitative estimate of drug-likeness (QED) is 0.879. The van der Waals surface area contributed by atoms with E-state index in [0.717, 1.165) is 15.8 Å². The highest BCUT2D eigenvalue weighted by molar-refractivity contribution is 9.10. The van der Waals surface area contributed by atoms with Crippen LogP contribution in [0.3, 0.4) is 0 Å². The largest absolute Gasteiger partial charge is 0.497 e.